The Kier molecular flexibility index (Phi) is 4.22. The topological polar surface area (TPSA) is 52.3 Å². The summed E-state index contributed by atoms with van der Waals surface area (Å²) in [5.41, 5.74) is 8.38. The number of nitrogens with two attached hydrogens (primary N) is 1. The van der Waals surface area contributed by atoms with E-state index in [1.165, 1.54) is 0 Å². The van der Waals surface area contributed by atoms with E-state index < -0.39 is 10.8 Å². The summed E-state index contributed by atoms with van der Waals surface area (Å²) in [5, 5.41) is 0. The summed E-state index contributed by atoms with van der Waals surface area (Å²) in [6.45, 7) is 1.93. The van der Waals surface area contributed by atoms with Crippen molar-refractivity contribution in [1.29, 1.82) is 0 Å². The normalized spacial score (nSPS) is 12.1. The fourth-order valence-corrected chi connectivity index (χ4v) is 3.17. The number of rotatable bonds is 4. The number of ether oxygens (including phenoxy) is 1. The molecule has 2 aromatic rings. The van der Waals surface area contributed by atoms with Crippen molar-refractivity contribution in [2.24, 2.45) is 0 Å². The molecule has 100 valence electrons. The standard InChI is InChI=1S/C15H17NO2S/c1-11-9-13(16)5-8-15(11)19(17)10-12-3-6-14(18-2)7-4-12/h3-9H,10,16H2,1-2H3. The molecule has 0 heterocycles. The maximum absolute atomic E-state index is 12.3. The van der Waals surface area contributed by atoms with Crippen molar-refractivity contribution >= 4 is 16.5 Å². The molecule has 0 aromatic heterocycles. The van der Waals surface area contributed by atoms with Gasteiger partial charge in [-0.2, -0.15) is 0 Å². The van der Waals surface area contributed by atoms with E-state index in [1.54, 1.807) is 13.2 Å². The third-order valence-corrected chi connectivity index (χ3v) is 4.45. The Morgan fingerprint density at radius 2 is 1.84 bits per heavy atom. The molecular formula is C15H17NO2S. The maximum atomic E-state index is 12.3. The molecule has 2 rings (SSSR count). The van der Waals surface area contributed by atoms with Crippen LogP contribution >= 0.6 is 0 Å². The van der Waals surface area contributed by atoms with Crippen molar-refractivity contribution in [2.45, 2.75) is 17.6 Å². The van der Waals surface area contributed by atoms with E-state index in [2.05, 4.69) is 0 Å². The van der Waals surface area contributed by atoms with Crippen LogP contribution in [0, 0.1) is 6.92 Å². The van der Waals surface area contributed by atoms with Crippen molar-refractivity contribution < 1.29 is 8.95 Å². The Labute approximate surface area is 115 Å². The van der Waals surface area contributed by atoms with Crippen molar-refractivity contribution in [3.8, 4) is 5.75 Å². The first-order valence-electron chi connectivity index (χ1n) is 5.97. The minimum atomic E-state index is -1.06. The molecule has 2 N–H and O–H groups in total. The van der Waals surface area contributed by atoms with Crippen molar-refractivity contribution in [2.75, 3.05) is 12.8 Å². The van der Waals surface area contributed by atoms with Crippen LogP contribution in [0.1, 0.15) is 11.1 Å². The van der Waals surface area contributed by atoms with Gasteiger partial charge in [0.05, 0.1) is 23.7 Å². The predicted molar refractivity (Wildman–Crippen MR) is 78.7 cm³/mol. The summed E-state index contributed by atoms with van der Waals surface area (Å²) in [5.74, 6) is 1.30. The van der Waals surface area contributed by atoms with Gasteiger partial charge < -0.3 is 10.5 Å². The zero-order valence-electron chi connectivity index (χ0n) is 11.1. The molecule has 0 amide bonds. The van der Waals surface area contributed by atoms with Gasteiger partial charge in [0.15, 0.2) is 0 Å². The van der Waals surface area contributed by atoms with Gasteiger partial charge in [0, 0.05) is 10.6 Å². The number of aryl methyl sites for hydroxylation is 1. The minimum absolute atomic E-state index is 0.495. The Bertz CT molecular complexity index is 594. The Morgan fingerprint density at radius 1 is 1.16 bits per heavy atom. The van der Waals surface area contributed by atoms with E-state index in [0.29, 0.717) is 11.4 Å². The molecule has 19 heavy (non-hydrogen) atoms. The van der Waals surface area contributed by atoms with Crippen LogP contribution in [0.5, 0.6) is 5.75 Å². The molecule has 0 aliphatic rings. The van der Waals surface area contributed by atoms with Crippen molar-refractivity contribution in [3.05, 3.63) is 53.6 Å². The van der Waals surface area contributed by atoms with Crippen LogP contribution in [0.25, 0.3) is 0 Å². The van der Waals surface area contributed by atoms with Gasteiger partial charge in [0.1, 0.15) is 5.75 Å². The van der Waals surface area contributed by atoms with Gasteiger partial charge in [0.25, 0.3) is 0 Å². The molecule has 1 atom stereocenters. The van der Waals surface area contributed by atoms with E-state index in [4.69, 9.17) is 10.5 Å². The van der Waals surface area contributed by atoms with Gasteiger partial charge in [-0.05, 0) is 48.4 Å². The summed E-state index contributed by atoms with van der Waals surface area (Å²) >= 11 is 0. The van der Waals surface area contributed by atoms with E-state index >= 15 is 0 Å². The van der Waals surface area contributed by atoms with Crippen molar-refractivity contribution in [1.82, 2.24) is 0 Å². The quantitative estimate of drug-likeness (QED) is 0.873. The first-order valence-corrected chi connectivity index (χ1v) is 7.29. The van der Waals surface area contributed by atoms with Gasteiger partial charge in [-0.15, -0.1) is 0 Å². The monoisotopic (exact) mass is 275 g/mol. The summed E-state index contributed by atoms with van der Waals surface area (Å²) in [4.78, 5) is 0.838. The van der Waals surface area contributed by atoms with Gasteiger partial charge in [-0.1, -0.05) is 12.1 Å². The lowest BCUT2D eigenvalue weighted by atomic mass is 10.2. The first kappa shape index (κ1) is 13.6. The zero-order valence-corrected chi connectivity index (χ0v) is 11.9. The van der Waals surface area contributed by atoms with Crippen LogP contribution in [0.2, 0.25) is 0 Å². The van der Waals surface area contributed by atoms with Crippen LogP contribution < -0.4 is 10.5 Å². The highest BCUT2D eigenvalue weighted by Crippen LogP contribution is 2.20. The lowest BCUT2D eigenvalue weighted by Gasteiger charge is -2.07. The average molecular weight is 275 g/mol. The minimum Gasteiger partial charge on any atom is -0.497 e. The fourth-order valence-electron chi connectivity index (χ4n) is 1.88. The number of hydrogen-bond acceptors (Lipinski definition) is 3. The van der Waals surface area contributed by atoms with Crippen LogP contribution in [0.15, 0.2) is 47.4 Å². The number of hydrogen-bond donors (Lipinski definition) is 1. The molecule has 3 nitrogen and oxygen atoms in total. The van der Waals surface area contributed by atoms with Crippen LogP contribution in [0.3, 0.4) is 0 Å². The number of nitrogen functional groups attached to an aromatic ring is 1. The first-order chi connectivity index (χ1) is 9.10. The predicted octanol–water partition coefficient (Wildman–Crippen LogP) is 2.89. The average Bonchev–Trinajstić information content (AvgIpc) is 2.39. The smallest absolute Gasteiger partial charge is 0.118 e. The highest BCUT2D eigenvalue weighted by atomic mass is 32.2. The molecule has 4 heteroatoms. The number of anilines is 1. The second kappa shape index (κ2) is 5.89. The summed E-state index contributed by atoms with van der Waals surface area (Å²) < 4.78 is 17.4. The van der Waals surface area contributed by atoms with E-state index in [1.807, 2.05) is 43.3 Å². The SMILES string of the molecule is COc1ccc(CS(=O)c2ccc(N)cc2C)cc1. The van der Waals surface area contributed by atoms with Gasteiger partial charge in [-0.25, -0.2) is 0 Å². The lowest BCUT2D eigenvalue weighted by Crippen LogP contribution is -2.00. The van der Waals surface area contributed by atoms with Gasteiger partial charge in [0.2, 0.25) is 0 Å². The Hall–Kier alpha value is -1.81. The van der Waals surface area contributed by atoms with E-state index in [0.717, 1.165) is 21.8 Å². The van der Waals surface area contributed by atoms with Gasteiger partial charge >= 0.3 is 0 Å². The Morgan fingerprint density at radius 3 is 2.42 bits per heavy atom. The van der Waals surface area contributed by atoms with E-state index in [-0.39, 0.29) is 0 Å². The summed E-state index contributed by atoms with van der Waals surface area (Å²) in [6.07, 6.45) is 0. The van der Waals surface area contributed by atoms with Crippen molar-refractivity contribution in [3.63, 3.8) is 0 Å². The second-order valence-corrected chi connectivity index (χ2v) is 5.78. The molecule has 0 saturated carbocycles. The molecule has 0 spiro atoms. The zero-order chi connectivity index (χ0) is 13.8. The molecule has 0 radical (unpaired) electrons. The number of benzene rings is 2. The molecule has 0 fully saturated rings. The third-order valence-electron chi connectivity index (χ3n) is 2.90. The molecule has 2 aromatic carbocycles. The molecular weight excluding hydrogens is 258 g/mol. The highest BCUT2D eigenvalue weighted by Gasteiger charge is 2.08. The number of methoxy groups -OCH3 is 1. The van der Waals surface area contributed by atoms with E-state index in [9.17, 15) is 4.21 Å². The molecule has 0 bridgehead atoms. The molecule has 0 aliphatic carbocycles. The molecule has 0 aliphatic heterocycles. The third kappa shape index (κ3) is 3.35. The molecule has 0 saturated heterocycles. The highest BCUT2D eigenvalue weighted by molar-refractivity contribution is 7.84. The Balaban J connectivity index is 2.15. The van der Waals surface area contributed by atoms with Gasteiger partial charge in [-0.3, -0.25) is 4.21 Å². The van der Waals surface area contributed by atoms with Crippen LogP contribution in [-0.4, -0.2) is 11.3 Å². The lowest BCUT2D eigenvalue weighted by molar-refractivity contribution is 0.414. The molecule has 1 unspecified atom stereocenters. The maximum Gasteiger partial charge on any atom is 0.118 e. The summed E-state index contributed by atoms with van der Waals surface area (Å²) in [7, 11) is 0.571. The van der Waals surface area contributed by atoms with Crippen LogP contribution in [-0.2, 0) is 16.6 Å². The summed E-state index contributed by atoms with van der Waals surface area (Å²) in [6, 6.07) is 13.1. The second-order valence-electron chi connectivity index (χ2n) is 4.36. The largest absolute Gasteiger partial charge is 0.497 e. The fraction of sp³-hybridized carbons (Fsp3) is 0.200. The van der Waals surface area contributed by atoms with Crippen LogP contribution in [0.4, 0.5) is 5.69 Å².